The Morgan fingerprint density at radius 3 is 2.48 bits per heavy atom. The molecule has 0 spiro atoms. The van der Waals surface area contributed by atoms with E-state index in [0.717, 1.165) is 21.8 Å². The largest absolute Gasteiger partial charge is 0.330 e. The summed E-state index contributed by atoms with van der Waals surface area (Å²) >= 11 is 0. The summed E-state index contributed by atoms with van der Waals surface area (Å²) in [5, 5.41) is 0. The first-order chi connectivity index (χ1) is 9.25. The second kappa shape index (κ2) is 6.30. The van der Waals surface area contributed by atoms with Crippen LogP contribution in [0.5, 0.6) is 0 Å². The molecule has 1 atom stereocenters. The minimum Gasteiger partial charge on any atom is -0.327 e. The maximum Gasteiger partial charge on any atom is 0.330 e. The third-order valence-corrected chi connectivity index (χ3v) is 5.30. The van der Waals surface area contributed by atoms with Crippen LogP contribution in [-0.4, -0.2) is 41.0 Å². The zero-order valence-electron chi connectivity index (χ0n) is 11.9. The minimum atomic E-state index is -3.93. The molecule has 0 radical (unpaired) electrons. The van der Waals surface area contributed by atoms with Crippen LogP contribution < -0.4 is 17.0 Å². The smallest absolute Gasteiger partial charge is 0.327 e. The van der Waals surface area contributed by atoms with Crippen molar-refractivity contribution in [3.8, 4) is 0 Å². The Bertz CT molecular complexity index is 740. The molecule has 0 saturated carbocycles. The van der Waals surface area contributed by atoms with Gasteiger partial charge in [0.1, 0.15) is 0 Å². The quantitative estimate of drug-likeness (QED) is 0.715. The number of nitrogens with zero attached hydrogens (tertiary/aromatic N) is 3. The summed E-state index contributed by atoms with van der Waals surface area (Å²) in [6, 6.07) is -0.227. The molecule has 1 aliphatic heterocycles. The Balaban J connectivity index is 0.00000220. The first-order valence-electron chi connectivity index (χ1n) is 6.27. The molecule has 1 aliphatic rings. The number of sulfonamides is 1. The molecule has 1 saturated heterocycles. The van der Waals surface area contributed by atoms with Gasteiger partial charge in [-0.15, -0.1) is 12.4 Å². The van der Waals surface area contributed by atoms with Crippen molar-refractivity contribution in [1.82, 2.24) is 13.4 Å². The van der Waals surface area contributed by atoms with Crippen molar-refractivity contribution >= 4 is 22.4 Å². The number of nitrogens with two attached hydrogens (primary N) is 1. The van der Waals surface area contributed by atoms with Crippen LogP contribution in [0.4, 0.5) is 0 Å². The molecule has 2 rings (SSSR count). The lowest BCUT2D eigenvalue weighted by Gasteiger charge is -2.29. The highest BCUT2D eigenvalue weighted by molar-refractivity contribution is 7.89. The average molecular weight is 339 g/mol. The van der Waals surface area contributed by atoms with E-state index in [1.54, 1.807) is 0 Å². The van der Waals surface area contributed by atoms with Gasteiger partial charge in [0.25, 0.3) is 5.56 Å². The third-order valence-electron chi connectivity index (χ3n) is 3.45. The van der Waals surface area contributed by atoms with Crippen LogP contribution in [0.1, 0.15) is 12.8 Å². The van der Waals surface area contributed by atoms with Crippen molar-refractivity contribution < 1.29 is 8.42 Å². The molecule has 0 amide bonds. The van der Waals surface area contributed by atoms with Gasteiger partial charge in [0.15, 0.2) is 4.90 Å². The minimum absolute atomic E-state index is 0. The Hall–Kier alpha value is -1.16. The van der Waals surface area contributed by atoms with Crippen LogP contribution in [0.3, 0.4) is 0 Å². The molecule has 0 bridgehead atoms. The Kier molecular flexibility index (Phi) is 5.37. The summed E-state index contributed by atoms with van der Waals surface area (Å²) in [4.78, 5) is 23.2. The standard InChI is InChI=1S/C11H18N4O4S.ClH/c1-13-7-9(10(16)14(2)11(13)17)20(18,19)15-5-3-4-8(12)6-15;/h7-8H,3-6,12H2,1-2H3;1H. The highest BCUT2D eigenvalue weighted by atomic mass is 35.5. The number of hydrogen-bond donors (Lipinski definition) is 1. The summed E-state index contributed by atoms with van der Waals surface area (Å²) in [7, 11) is -1.27. The van der Waals surface area contributed by atoms with Crippen LogP contribution >= 0.6 is 12.4 Å². The van der Waals surface area contributed by atoms with E-state index in [1.807, 2.05) is 0 Å². The first-order valence-corrected chi connectivity index (χ1v) is 7.71. The highest BCUT2D eigenvalue weighted by Crippen LogP contribution is 2.17. The van der Waals surface area contributed by atoms with E-state index in [4.69, 9.17) is 5.73 Å². The molecule has 2 heterocycles. The Morgan fingerprint density at radius 1 is 1.29 bits per heavy atom. The average Bonchev–Trinajstić information content (AvgIpc) is 2.40. The van der Waals surface area contributed by atoms with E-state index in [2.05, 4.69) is 0 Å². The summed E-state index contributed by atoms with van der Waals surface area (Å²) < 4.78 is 28.1. The van der Waals surface area contributed by atoms with Crippen LogP contribution in [0.25, 0.3) is 0 Å². The predicted molar refractivity (Wildman–Crippen MR) is 80.1 cm³/mol. The van der Waals surface area contributed by atoms with E-state index in [0.29, 0.717) is 13.0 Å². The lowest BCUT2D eigenvalue weighted by atomic mass is 10.1. The van der Waals surface area contributed by atoms with Gasteiger partial charge in [0.05, 0.1) is 0 Å². The van der Waals surface area contributed by atoms with Crippen molar-refractivity contribution in [3.05, 3.63) is 27.0 Å². The molecule has 1 unspecified atom stereocenters. The molecule has 0 aliphatic carbocycles. The number of aromatic nitrogens is 2. The maximum atomic E-state index is 12.5. The van der Waals surface area contributed by atoms with Gasteiger partial charge < -0.3 is 10.3 Å². The van der Waals surface area contributed by atoms with Crippen molar-refractivity contribution in [2.75, 3.05) is 13.1 Å². The van der Waals surface area contributed by atoms with E-state index in [-0.39, 0.29) is 25.0 Å². The molecule has 21 heavy (non-hydrogen) atoms. The topological polar surface area (TPSA) is 107 Å². The molecule has 2 N–H and O–H groups in total. The van der Waals surface area contributed by atoms with Crippen LogP contribution in [-0.2, 0) is 24.1 Å². The number of hydrogen-bond acceptors (Lipinski definition) is 5. The first kappa shape index (κ1) is 17.9. The van der Waals surface area contributed by atoms with Gasteiger partial charge in [-0.1, -0.05) is 0 Å². The van der Waals surface area contributed by atoms with Crippen LogP contribution in [0.2, 0.25) is 0 Å². The van der Waals surface area contributed by atoms with Crippen LogP contribution in [0, 0.1) is 0 Å². The molecule has 1 aromatic heterocycles. The molecule has 1 fully saturated rings. The van der Waals surface area contributed by atoms with E-state index >= 15 is 0 Å². The van der Waals surface area contributed by atoms with Crippen molar-refractivity contribution in [2.24, 2.45) is 19.8 Å². The van der Waals surface area contributed by atoms with Gasteiger partial charge in [0, 0.05) is 39.4 Å². The number of aryl methyl sites for hydroxylation is 1. The lowest BCUT2D eigenvalue weighted by molar-refractivity contribution is 0.315. The van der Waals surface area contributed by atoms with Crippen LogP contribution in [0.15, 0.2) is 20.7 Å². The lowest BCUT2D eigenvalue weighted by Crippen LogP contribution is -2.48. The van der Waals surface area contributed by atoms with Gasteiger partial charge in [-0.05, 0) is 12.8 Å². The fourth-order valence-corrected chi connectivity index (χ4v) is 3.97. The molecular weight excluding hydrogens is 320 g/mol. The molecule has 8 nitrogen and oxygen atoms in total. The second-order valence-electron chi connectivity index (χ2n) is 5.02. The zero-order chi connectivity index (χ0) is 15.1. The van der Waals surface area contributed by atoms with Crippen molar-refractivity contribution in [2.45, 2.75) is 23.8 Å². The highest BCUT2D eigenvalue weighted by Gasteiger charge is 2.31. The molecule has 0 aromatic carbocycles. The van der Waals surface area contributed by atoms with E-state index in [9.17, 15) is 18.0 Å². The number of halogens is 1. The fourth-order valence-electron chi connectivity index (χ4n) is 2.28. The summed E-state index contributed by atoms with van der Waals surface area (Å²) in [6.07, 6.45) is 2.49. The van der Waals surface area contributed by atoms with E-state index in [1.165, 1.54) is 18.4 Å². The van der Waals surface area contributed by atoms with Gasteiger partial charge in [-0.2, -0.15) is 4.31 Å². The van der Waals surface area contributed by atoms with Gasteiger partial charge in [0.2, 0.25) is 10.0 Å². The Labute approximate surface area is 128 Å². The molecular formula is C11H19ClN4O4S. The molecule has 1 aromatic rings. The fraction of sp³-hybridized carbons (Fsp3) is 0.636. The van der Waals surface area contributed by atoms with Gasteiger partial charge in [-0.3, -0.25) is 9.36 Å². The zero-order valence-corrected chi connectivity index (χ0v) is 13.5. The van der Waals surface area contributed by atoms with Gasteiger partial charge in [-0.25, -0.2) is 13.2 Å². The Morgan fingerprint density at radius 2 is 1.90 bits per heavy atom. The summed E-state index contributed by atoms with van der Waals surface area (Å²) in [6.45, 7) is 0.524. The van der Waals surface area contributed by atoms with Crippen molar-refractivity contribution in [1.29, 1.82) is 0 Å². The predicted octanol–water partition coefficient (Wildman–Crippen LogP) is -1.38. The monoisotopic (exact) mass is 338 g/mol. The SMILES string of the molecule is Cl.Cn1cc(S(=O)(=O)N2CCCC(N)C2)c(=O)n(C)c1=O. The molecule has 120 valence electrons. The summed E-state index contributed by atoms with van der Waals surface area (Å²) in [5.41, 5.74) is 4.40. The van der Waals surface area contributed by atoms with Gasteiger partial charge >= 0.3 is 5.69 Å². The second-order valence-corrected chi connectivity index (χ2v) is 6.92. The third kappa shape index (κ3) is 3.20. The molecule has 10 heteroatoms. The normalized spacial score (nSPS) is 20.0. The maximum absolute atomic E-state index is 12.5. The number of piperidine rings is 1. The summed E-state index contributed by atoms with van der Waals surface area (Å²) in [5.74, 6) is 0. The number of rotatable bonds is 2. The van der Waals surface area contributed by atoms with E-state index < -0.39 is 26.2 Å². The van der Waals surface area contributed by atoms with Crippen molar-refractivity contribution in [3.63, 3.8) is 0 Å².